The molecule has 92 valence electrons. The zero-order valence-corrected chi connectivity index (χ0v) is 9.93. The minimum absolute atomic E-state index is 0.332. The van der Waals surface area contributed by atoms with E-state index in [0.717, 1.165) is 12.8 Å². The molecule has 1 aromatic carbocycles. The number of hydrogen-bond acceptors (Lipinski definition) is 3. The Balaban J connectivity index is 1.96. The number of carbonyl (C=O) groups is 1. The highest BCUT2D eigenvalue weighted by Crippen LogP contribution is 2.21. The molecule has 1 aromatic rings. The molecule has 1 aliphatic rings. The van der Waals surface area contributed by atoms with E-state index in [1.54, 1.807) is 24.0 Å². The number of piperidine rings is 1. The molecule has 0 spiro atoms. The second kappa shape index (κ2) is 4.75. The van der Waals surface area contributed by atoms with Crippen molar-refractivity contribution in [3.8, 4) is 5.75 Å². The average Bonchev–Trinajstić information content (AvgIpc) is 2.29. The Hall–Kier alpha value is -1.55. The second-order valence-corrected chi connectivity index (χ2v) is 4.70. The second-order valence-electron chi connectivity index (χ2n) is 4.70. The summed E-state index contributed by atoms with van der Waals surface area (Å²) in [5.41, 5.74) is -0.798. The predicted octanol–water partition coefficient (Wildman–Crippen LogP) is 2.03. The summed E-state index contributed by atoms with van der Waals surface area (Å²) in [7, 11) is 0. The van der Waals surface area contributed by atoms with Crippen molar-refractivity contribution in [2.45, 2.75) is 25.4 Å². The van der Waals surface area contributed by atoms with Gasteiger partial charge < -0.3 is 14.7 Å². The van der Waals surface area contributed by atoms with Crippen LogP contribution >= 0.6 is 0 Å². The van der Waals surface area contributed by atoms with Crippen molar-refractivity contribution in [2.75, 3.05) is 13.1 Å². The van der Waals surface area contributed by atoms with Gasteiger partial charge in [0.2, 0.25) is 0 Å². The number of hydrogen-bond donors (Lipinski definition) is 1. The van der Waals surface area contributed by atoms with Crippen molar-refractivity contribution in [3.05, 3.63) is 30.3 Å². The lowest BCUT2D eigenvalue weighted by Crippen LogP contribution is -2.49. The molecule has 4 heteroatoms. The Bertz CT molecular complexity index is 389. The molecule has 0 bridgehead atoms. The van der Waals surface area contributed by atoms with Gasteiger partial charge in [-0.1, -0.05) is 18.2 Å². The fraction of sp³-hybridized carbons (Fsp3) is 0.462. The Labute approximate surface area is 101 Å². The molecule has 1 fully saturated rings. The summed E-state index contributed by atoms with van der Waals surface area (Å²) in [6.45, 7) is 2.72. The fourth-order valence-corrected chi connectivity index (χ4v) is 2.03. The molecule has 1 unspecified atom stereocenters. The van der Waals surface area contributed by atoms with Gasteiger partial charge in [0.15, 0.2) is 0 Å². The lowest BCUT2D eigenvalue weighted by molar-refractivity contribution is -0.00881. The molecule has 1 atom stereocenters. The summed E-state index contributed by atoms with van der Waals surface area (Å²) in [4.78, 5) is 13.4. The van der Waals surface area contributed by atoms with E-state index in [-0.39, 0.29) is 0 Å². The van der Waals surface area contributed by atoms with Crippen LogP contribution in [0.3, 0.4) is 0 Å². The molecule has 1 saturated heterocycles. The van der Waals surface area contributed by atoms with Gasteiger partial charge in [0.05, 0.1) is 12.1 Å². The van der Waals surface area contributed by atoms with Gasteiger partial charge in [0, 0.05) is 6.54 Å². The number of benzene rings is 1. The standard InChI is InChI=1S/C13H17NO3/c1-13(16)8-5-9-14(10-13)12(15)17-11-6-3-2-4-7-11/h2-4,6-7,16H,5,8-10H2,1H3. The van der Waals surface area contributed by atoms with Crippen LogP contribution in [0.4, 0.5) is 4.79 Å². The molecule has 1 aliphatic heterocycles. The van der Waals surface area contributed by atoms with Gasteiger partial charge in [-0.05, 0) is 31.9 Å². The maximum Gasteiger partial charge on any atom is 0.415 e. The minimum Gasteiger partial charge on any atom is -0.410 e. The van der Waals surface area contributed by atoms with Crippen molar-refractivity contribution >= 4 is 6.09 Å². The Kier molecular flexibility index (Phi) is 3.33. The molecule has 2 rings (SSSR count). The van der Waals surface area contributed by atoms with Crippen LogP contribution in [-0.4, -0.2) is 34.8 Å². The van der Waals surface area contributed by atoms with E-state index >= 15 is 0 Å². The van der Waals surface area contributed by atoms with E-state index in [2.05, 4.69) is 0 Å². The third kappa shape index (κ3) is 3.20. The van der Waals surface area contributed by atoms with Crippen LogP contribution in [0.15, 0.2) is 30.3 Å². The fourth-order valence-electron chi connectivity index (χ4n) is 2.03. The first-order valence-electron chi connectivity index (χ1n) is 5.81. The maximum absolute atomic E-state index is 11.8. The Morgan fingerprint density at radius 2 is 2.12 bits per heavy atom. The molecule has 1 heterocycles. The van der Waals surface area contributed by atoms with Gasteiger partial charge in [0.25, 0.3) is 0 Å². The first-order chi connectivity index (χ1) is 8.07. The van der Waals surface area contributed by atoms with Gasteiger partial charge in [-0.15, -0.1) is 0 Å². The summed E-state index contributed by atoms with van der Waals surface area (Å²) >= 11 is 0. The van der Waals surface area contributed by atoms with E-state index in [4.69, 9.17) is 4.74 Å². The summed E-state index contributed by atoms with van der Waals surface area (Å²) in [6, 6.07) is 8.97. The summed E-state index contributed by atoms with van der Waals surface area (Å²) in [6.07, 6.45) is 1.13. The van der Waals surface area contributed by atoms with Crippen molar-refractivity contribution in [1.82, 2.24) is 4.90 Å². The molecule has 0 aromatic heterocycles. The van der Waals surface area contributed by atoms with E-state index in [1.165, 1.54) is 0 Å². The van der Waals surface area contributed by atoms with E-state index in [1.807, 2.05) is 18.2 Å². The van der Waals surface area contributed by atoms with E-state index in [0.29, 0.717) is 18.8 Å². The molecule has 0 aliphatic carbocycles. The van der Waals surface area contributed by atoms with Crippen molar-refractivity contribution < 1.29 is 14.6 Å². The SMILES string of the molecule is CC1(O)CCCN(C(=O)Oc2ccccc2)C1. The molecule has 0 saturated carbocycles. The van der Waals surface area contributed by atoms with Gasteiger partial charge in [-0.2, -0.15) is 0 Å². The molecule has 0 radical (unpaired) electrons. The van der Waals surface area contributed by atoms with Crippen LogP contribution in [0.1, 0.15) is 19.8 Å². The van der Waals surface area contributed by atoms with Gasteiger partial charge in [0.1, 0.15) is 5.75 Å². The highest BCUT2D eigenvalue weighted by Gasteiger charge is 2.31. The highest BCUT2D eigenvalue weighted by atomic mass is 16.6. The number of rotatable bonds is 1. The van der Waals surface area contributed by atoms with Crippen LogP contribution in [0.5, 0.6) is 5.75 Å². The first-order valence-corrected chi connectivity index (χ1v) is 5.81. The normalized spacial score (nSPS) is 24.5. The molecular formula is C13H17NO3. The minimum atomic E-state index is -0.798. The largest absolute Gasteiger partial charge is 0.415 e. The van der Waals surface area contributed by atoms with Crippen LogP contribution in [0, 0.1) is 0 Å². The van der Waals surface area contributed by atoms with E-state index in [9.17, 15) is 9.90 Å². The summed E-state index contributed by atoms with van der Waals surface area (Å²) < 4.78 is 5.22. The third-order valence-electron chi connectivity index (χ3n) is 2.88. The smallest absolute Gasteiger partial charge is 0.410 e. The first kappa shape index (κ1) is 11.9. The number of likely N-dealkylation sites (tertiary alicyclic amines) is 1. The van der Waals surface area contributed by atoms with E-state index < -0.39 is 11.7 Å². The summed E-state index contributed by atoms with van der Waals surface area (Å²) in [5.74, 6) is 0.530. The Morgan fingerprint density at radius 3 is 2.76 bits per heavy atom. The number of carbonyl (C=O) groups excluding carboxylic acids is 1. The van der Waals surface area contributed by atoms with Crippen LogP contribution < -0.4 is 4.74 Å². The topological polar surface area (TPSA) is 49.8 Å². The van der Waals surface area contributed by atoms with Crippen molar-refractivity contribution in [3.63, 3.8) is 0 Å². The molecule has 4 nitrogen and oxygen atoms in total. The lowest BCUT2D eigenvalue weighted by Gasteiger charge is -2.35. The number of β-amino-alcohol motifs (C(OH)–C–C–N with tert-alkyl or cyclic N) is 1. The summed E-state index contributed by atoms with van der Waals surface area (Å²) in [5, 5.41) is 9.91. The number of aliphatic hydroxyl groups is 1. The quantitative estimate of drug-likeness (QED) is 0.810. The third-order valence-corrected chi connectivity index (χ3v) is 2.88. The van der Waals surface area contributed by atoms with Crippen LogP contribution in [0.25, 0.3) is 0 Å². The van der Waals surface area contributed by atoms with Gasteiger partial charge >= 0.3 is 6.09 Å². The zero-order valence-electron chi connectivity index (χ0n) is 9.93. The molecule has 1 N–H and O–H groups in total. The average molecular weight is 235 g/mol. The van der Waals surface area contributed by atoms with Crippen LogP contribution in [0.2, 0.25) is 0 Å². The van der Waals surface area contributed by atoms with Gasteiger partial charge in [-0.25, -0.2) is 4.79 Å². The molecule has 17 heavy (non-hydrogen) atoms. The number of amides is 1. The van der Waals surface area contributed by atoms with Gasteiger partial charge in [-0.3, -0.25) is 0 Å². The van der Waals surface area contributed by atoms with Crippen molar-refractivity contribution in [2.24, 2.45) is 0 Å². The zero-order chi connectivity index (χ0) is 12.3. The monoisotopic (exact) mass is 235 g/mol. The van der Waals surface area contributed by atoms with Crippen LogP contribution in [-0.2, 0) is 0 Å². The Morgan fingerprint density at radius 1 is 1.41 bits per heavy atom. The number of nitrogens with zero attached hydrogens (tertiary/aromatic N) is 1. The highest BCUT2D eigenvalue weighted by molar-refractivity contribution is 5.70. The molecular weight excluding hydrogens is 218 g/mol. The maximum atomic E-state index is 11.8. The van der Waals surface area contributed by atoms with Crippen molar-refractivity contribution in [1.29, 1.82) is 0 Å². The number of ether oxygens (including phenoxy) is 1. The molecule has 1 amide bonds. The lowest BCUT2D eigenvalue weighted by atomic mass is 9.96. The number of para-hydroxylation sites is 1. The predicted molar refractivity (Wildman–Crippen MR) is 63.9 cm³/mol.